The summed E-state index contributed by atoms with van der Waals surface area (Å²) in [6.07, 6.45) is 0.695. The summed E-state index contributed by atoms with van der Waals surface area (Å²) in [5.41, 5.74) is 4.44. The van der Waals surface area contributed by atoms with Crippen LogP contribution < -0.4 is 11.1 Å². The molecule has 7 heteroatoms. The molecule has 20 heavy (non-hydrogen) atoms. The summed E-state index contributed by atoms with van der Waals surface area (Å²) >= 11 is 0. The third-order valence-electron chi connectivity index (χ3n) is 3.13. The highest BCUT2D eigenvalue weighted by atomic mass is 19.1. The highest BCUT2D eigenvalue weighted by molar-refractivity contribution is 6.01. The minimum absolute atomic E-state index is 0.107. The number of nitrogens with one attached hydrogen (secondary N) is 1. The SMILES string of the molecule is CCC(NC(=O)c1cc(F)cc([N+](=O)[O-])c1N)C(C)C. The van der Waals surface area contributed by atoms with Crippen molar-refractivity contribution >= 4 is 17.3 Å². The molecule has 1 rings (SSSR count). The van der Waals surface area contributed by atoms with Crippen LogP contribution in [0.15, 0.2) is 12.1 Å². The van der Waals surface area contributed by atoms with Gasteiger partial charge < -0.3 is 11.1 Å². The van der Waals surface area contributed by atoms with Gasteiger partial charge in [-0.3, -0.25) is 14.9 Å². The molecule has 0 saturated carbocycles. The van der Waals surface area contributed by atoms with E-state index in [0.29, 0.717) is 12.5 Å². The zero-order valence-electron chi connectivity index (χ0n) is 11.6. The van der Waals surface area contributed by atoms with Crippen LogP contribution in [-0.4, -0.2) is 16.9 Å². The summed E-state index contributed by atoms with van der Waals surface area (Å²) in [4.78, 5) is 22.0. The number of carbonyl (C=O) groups is 1. The fraction of sp³-hybridized carbons (Fsp3) is 0.462. The molecular formula is C13H18FN3O3. The van der Waals surface area contributed by atoms with Gasteiger partial charge in [-0.15, -0.1) is 0 Å². The summed E-state index contributed by atoms with van der Waals surface area (Å²) in [7, 11) is 0. The number of nitro benzene ring substituents is 1. The number of hydrogen-bond donors (Lipinski definition) is 2. The number of nitrogen functional groups attached to an aromatic ring is 1. The first-order valence-corrected chi connectivity index (χ1v) is 6.32. The van der Waals surface area contributed by atoms with E-state index in [1.807, 2.05) is 20.8 Å². The van der Waals surface area contributed by atoms with Gasteiger partial charge in [0, 0.05) is 6.04 Å². The molecule has 1 aromatic rings. The van der Waals surface area contributed by atoms with Crippen LogP contribution >= 0.6 is 0 Å². The molecule has 1 unspecified atom stereocenters. The molecule has 6 nitrogen and oxygen atoms in total. The fourth-order valence-electron chi connectivity index (χ4n) is 1.93. The lowest BCUT2D eigenvalue weighted by Crippen LogP contribution is -2.38. The van der Waals surface area contributed by atoms with Crippen LogP contribution in [0.5, 0.6) is 0 Å². The van der Waals surface area contributed by atoms with Gasteiger partial charge in [0.1, 0.15) is 11.5 Å². The lowest BCUT2D eigenvalue weighted by molar-refractivity contribution is -0.384. The topological polar surface area (TPSA) is 98.3 Å². The van der Waals surface area contributed by atoms with Crippen LogP contribution in [0.3, 0.4) is 0 Å². The summed E-state index contributed by atoms with van der Waals surface area (Å²) < 4.78 is 13.4. The van der Waals surface area contributed by atoms with E-state index < -0.39 is 22.3 Å². The monoisotopic (exact) mass is 283 g/mol. The molecule has 1 amide bonds. The van der Waals surface area contributed by atoms with Gasteiger partial charge in [0.2, 0.25) is 0 Å². The summed E-state index contributed by atoms with van der Waals surface area (Å²) in [5.74, 6) is -1.28. The Hall–Kier alpha value is -2.18. The highest BCUT2D eigenvalue weighted by Crippen LogP contribution is 2.27. The van der Waals surface area contributed by atoms with Gasteiger partial charge in [0.15, 0.2) is 0 Å². The van der Waals surface area contributed by atoms with Crippen molar-refractivity contribution in [1.29, 1.82) is 0 Å². The predicted octanol–water partition coefficient (Wildman–Crippen LogP) is 2.48. The van der Waals surface area contributed by atoms with Crippen LogP contribution in [-0.2, 0) is 0 Å². The van der Waals surface area contributed by atoms with E-state index in [2.05, 4.69) is 5.32 Å². The first-order chi connectivity index (χ1) is 9.27. The van der Waals surface area contributed by atoms with E-state index in [-0.39, 0.29) is 23.2 Å². The Balaban J connectivity index is 3.13. The second-order valence-electron chi connectivity index (χ2n) is 4.88. The third kappa shape index (κ3) is 3.43. The minimum atomic E-state index is -0.867. The van der Waals surface area contributed by atoms with Crippen molar-refractivity contribution in [2.45, 2.75) is 33.2 Å². The number of nitrogens with zero attached hydrogens (tertiary/aromatic N) is 1. The summed E-state index contributed by atoms with van der Waals surface area (Å²) in [5, 5.41) is 13.5. The number of anilines is 1. The Morgan fingerprint density at radius 2 is 2.10 bits per heavy atom. The molecule has 0 heterocycles. The number of benzene rings is 1. The van der Waals surface area contributed by atoms with E-state index in [9.17, 15) is 19.3 Å². The number of hydrogen-bond acceptors (Lipinski definition) is 4. The second kappa shape index (κ2) is 6.31. The number of carbonyl (C=O) groups excluding carboxylic acids is 1. The molecule has 0 spiro atoms. The molecule has 1 aromatic carbocycles. The van der Waals surface area contributed by atoms with Gasteiger partial charge >= 0.3 is 0 Å². The van der Waals surface area contributed by atoms with Crippen LogP contribution in [0.25, 0.3) is 0 Å². The molecule has 0 aliphatic rings. The average Bonchev–Trinajstić information content (AvgIpc) is 2.37. The molecule has 0 aromatic heterocycles. The van der Waals surface area contributed by atoms with Gasteiger partial charge in [-0.1, -0.05) is 20.8 Å². The Kier molecular flexibility index (Phi) is 5.01. The predicted molar refractivity (Wildman–Crippen MR) is 73.9 cm³/mol. The van der Waals surface area contributed by atoms with Gasteiger partial charge in [-0.25, -0.2) is 4.39 Å². The second-order valence-corrected chi connectivity index (χ2v) is 4.88. The van der Waals surface area contributed by atoms with Crippen molar-refractivity contribution in [3.05, 3.63) is 33.6 Å². The first-order valence-electron chi connectivity index (χ1n) is 6.32. The third-order valence-corrected chi connectivity index (χ3v) is 3.13. The van der Waals surface area contributed by atoms with E-state index in [0.717, 1.165) is 6.07 Å². The lowest BCUT2D eigenvalue weighted by atomic mass is 10.0. The van der Waals surface area contributed by atoms with Crippen LogP contribution in [0, 0.1) is 21.8 Å². The maximum absolute atomic E-state index is 13.4. The zero-order valence-corrected chi connectivity index (χ0v) is 11.6. The van der Waals surface area contributed by atoms with E-state index in [1.165, 1.54) is 0 Å². The van der Waals surface area contributed by atoms with Crippen molar-refractivity contribution < 1.29 is 14.1 Å². The molecule has 0 aliphatic carbocycles. The molecule has 0 saturated heterocycles. The van der Waals surface area contributed by atoms with E-state index in [4.69, 9.17) is 5.73 Å². The number of rotatable bonds is 5. The number of amides is 1. The Morgan fingerprint density at radius 3 is 2.55 bits per heavy atom. The molecule has 1 atom stereocenters. The number of nitro groups is 1. The molecule has 3 N–H and O–H groups in total. The van der Waals surface area contributed by atoms with Gasteiger partial charge in [0.25, 0.3) is 11.6 Å². The molecule has 110 valence electrons. The van der Waals surface area contributed by atoms with Gasteiger partial charge in [-0.2, -0.15) is 0 Å². The van der Waals surface area contributed by atoms with Crippen molar-refractivity contribution in [3.63, 3.8) is 0 Å². The van der Waals surface area contributed by atoms with Gasteiger partial charge in [0.05, 0.1) is 16.6 Å². The quantitative estimate of drug-likeness (QED) is 0.492. The lowest BCUT2D eigenvalue weighted by Gasteiger charge is -2.21. The Morgan fingerprint density at radius 1 is 1.50 bits per heavy atom. The normalized spacial score (nSPS) is 12.2. The number of nitrogens with two attached hydrogens (primary N) is 1. The molecule has 0 fully saturated rings. The van der Waals surface area contributed by atoms with Gasteiger partial charge in [-0.05, 0) is 18.4 Å². The summed E-state index contributed by atoms with van der Waals surface area (Å²) in [6, 6.07) is 1.50. The fourth-order valence-corrected chi connectivity index (χ4v) is 1.93. The molecule has 0 radical (unpaired) electrons. The van der Waals surface area contributed by atoms with Crippen LogP contribution in [0.2, 0.25) is 0 Å². The zero-order chi connectivity index (χ0) is 15.4. The van der Waals surface area contributed by atoms with Crippen molar-refractivity contribution in [2.75, 3.05) is 5.73 Å². The van der Waals surface area contributed by atoms with Crippen molar-refractivity contribution in [3.8, 4) is 0 Å². The first kappa shape index (κ1) is 15.9. The Labute approximate surface area is 116 Å². The van der Waals surface area contributed by atoms with E-state index in [1.54, 1.807) is 0 Å². The summed E-state index contributed by atoms with van der Waals surface area (Å²) in [6.45, 7) is 5.78. The Bertz CT molecular complexity index is 532. The van der Waals surface area contributed by atoms with Crippen molar-refractivity contribution in [1.82, 2.24) is 5.32 Å². The molecule has 0 bridgehead atoms. The average molecular weight is 283 g/mol. The van der Waals surface area contributed by atoms with E-state index >= 15 is 0 Å². The largest absolute Gasteiger partial charge is 0.393 e. The number of halogens is 1. The highest BCUT2D eigenvalue weighted by Gasteiger charge is 2.23. The van der Waals surface area contributed by atoms with Crippen LogP contribution in [0.1, 0.15) is 37.6 Å². The van der Waals surface area contributed by atoms with Crippen molar-refractivity contribution in [2.24, 2.45) is 5.92 Å². The maximum Gasteiger partial charge on any atom is 0.295 e. The van der Waals surface area contributed by atoms with Crippen LogP contribution in [0.4, 0.5) is 15.8 Å². The standard InChI is InChI=1S/C13H18FN3O3/c1-4-10(7(2)3)16-13(18)9-5-8(14)6-11(12(9)15)17(19)20/h5-7,10H,4,15H2,1-3H3,(H,16,18). The molecule has 0 aliphatic heterocycles. The smallest absolute Gasteiger partial charge is 0.295 e. The molecular weight excluding hydrogens is 265 g/mol. The maximum atomic E-state index is 13.4. The minimum Gasteiger partial charge on any atom is -0.393 e.